The smallest absolute Gasteiger partial charge is 0.342 e. The third kappa shape index (κ3) is 2.91. The van der Waals surface area contributed by atoms with Crippen molar-refractivity contribution in [3.63, 3.8) is 0 Å². The number of nitrogens with zero attached hydrogens (tertiary/aromatic N) is 3. The number of ether oxygens (including phenoxy) is 2. The summed E-state index contributed by atoms with van der Waals surface area (Å²) in [7, 11) is 2.98. The van der Waals surface area contributed by atoms with Crippen LogP contribution in [0.3, 0.4) is 0 Å². The first-order valence-electron chi connectivity index (χ1n) is 8.36. The number of aromatic nitrogens is 3. The number of rotatable bonds is 4. The Morgan fingerprint density at radius 1 is 1.04 bits per heavy atom. The Kier molecular flexibility index (Phi) is 4.30. The molecule has 3 aromatic heterocycles. The molecule has 6 heteroatoms. The molecular weight excluding hydrogens is 342 g/mol. The normalized spacial score (nSPS) is 10.7. The lowest BCUT2D eigenvalue weighted by Gasteiger charge is -2.15. The van der Waals surface area contributed by atoms with Crippen LogP contribution < -0.4 is 4.74 Å². The number of esters is 1. The number of imidazole rings is 1. The molecule has 0 unspecified atom stereocenters. The van der Waals surface area contributed by atoms with Gasteiger partial charge in [0, 0.05) is 35.9 Å². The largest absolute Gasteiger partial charge is 0.497 e. The zero-order valence-electron chi connectivity index (χ0n) is 14.9. The lowest BCUT2D eigenvalue weighted by Crippen LogP contribution is -2.08. The molecular formula is C21H17N3O3. The van der Waals surface area contributed by atoms with E-state index in [2.05, 4.69) is 9.97 Å². The van der Waals surface area contributed by atoms with Crippen LogP contribution >= 0.6 is 0 Å². The molecule has 4 rings (SSSR count). The summed E-state index contributed by atoms with van der Waals surface area (Å²) in [6.07, 6.45) is 6.98. The van der Waals surface area contributed by atoms with Gasteiger partial charge in [0.1, 0.15) is 11.3 Å². The van der Waals surface area contributed by atoms with Gasteiger partial charge < -0.3 is 9.47 Å². The maximum absolute atomic E-state index is 12.6. The first-order chi connectivity index (χ1) is 13.2. The van der Waals surface area contributed by atoms with Crippen molar-refractivity contribution in [2.24, 2.45) is 0 Å². The highest BCUT2D eigenvalue weighted by atomic mass is 16.5. The van der Waals surface area contributed by atoms with Crippen molar-refractivity contribution in [2.75, 3.05) is 14.2 Å². The second kappa shape index (κ2) is 6.92. The molecule has 0 saturated carbocycles. The van der Waals surface area contributed by atoms with Gasteiger partial charge in [0.05, 0.1) is 19.9 Å². The van der Waals surface area contributed by atoms with Crippen molar-refractivity contribution in [2.45, 2.75) is 0 Å². The summed E-state index contributed by atoms with van der Waals surface area (Å²) in [5.74, 6) is 0.260. The van der Waals surface area contributed by atoms with Crippen LogP contribution in [0.15, 0.2) is 67.3 Å². The van der Waals surface area contributed by atoms with Crippen molar-refractivity contribution in [3.8, 4) is 28.1 Å². The van der Waals surface area contributed by atoms with Crippen LogP contribution in [0.4, 0.5) is 0 Å². The zero-order chi connectivity index (χ0) is 18.8. The molecule has 4 aromatic rings. The van der Waals surface area contributed by atoms with Crippen LogP contribution in [-0.4, -0.2) is 34.6 Å². The predicted octanol–water partition coefficient (Wildman–Crippen LogP) is 3.86. The fraction of sp³-hybridized carbons (Fsp3) is 0.0952. The highest BCUT2D eigenvalue weighted by Crippen LogP contribution is 2.34. The van der Waals surface area contributed by atoms with E-state index in [1.807, 2.05) is 53.1 Å². The third-order valence-electron chi connectivity index (χ3n) is 4.40. The van der Waals surface area contributed by atoms with Gasteiger partial charge in [-0.2, -0.15) is 0 Å². The van der Waals surface area contributed by atoms with E-state index in [1.165, 1.54) is 7.11 Å². The number of carbonyl (C=O) groups excluding carboxylic acids is 1. The Morgan fingerprint density at radius 3 is 2.63 bits per heavy atom. The second-order valence-electron chi connectivity index (χ2n) is 5.90. The van der Waals surface area contributed by atoms with Crippen molar-refractivity contribution >= 4 is 11.6 Å². The van der Waals surface area contributed by atoms with E-state index in [1.54, 1.807) is 25.7 Å². The Balaban J connectivity index is 2.07. The van der Waals surface area contributed by atoms with Crippen molar-refractivity contribution in [1.29, 1.82) is 0 Å². The summed E-state index contributed by atoms with van der Waals surface area (Å²) in [5.41, 5.74) is 4.29. The van der Waals surface area contributed by atoms with Crippen molar-refractivity contribution in [3.05, 3.63) is 72.8 Å². The molecule has 6 nitrogen and oxygen atoms in total. The van der Waals surface area contributed by atoms with Crippen molar-refractivity contribution < 1.29 is 14.3 Å². The number of pyridine rings is 2. The van der Waals surface area contributed by atoms with E-state index in [0.29, 0.717) is 17.0 Å². The Bertz CT molecular complexity index is 1120. The number of carbonyl (C=O) groups is 1. The van der Waals surface area contributed by atoms with Gasteiger partial charge in [-0.3, -0.25) is 9.38 Å². The monoisotopic (exact) mass is 359 g/mol. The molecule has 27 heavy (non-hydrogen) atoms. The molecule has 0 atom stereocenters. The van der Waals surface area contributed by atoms with Crippen LogP contribution in [0.2, 0.25) is 0 Å². The topological polar surface area (TPSA) is 65.7 Å². The van der Waals surface area contributed by atoms with Gasteiger partial charge in [-0.25, -0.2) is 9.78 Å². The first kappa shape index (κ1) is 16.8. The van der Waals surface area contributed by atoms with E-state index in [0.717, 1.165) is 22.4 Å². The Labute approximate surface area is 156 Å². The lowest BCUT2D eigenvalue weighted by molar-refractivity contribution is 0.0603. The quantitative estimate of drug-likeness (QED) is 0.518. The minimum Gasteiger partial charge on any atom is -0.497 e. The summed E-state index contributed by atoms with van der Waals surface area (Å²) in [5, 5.41) is 0. The molecule has 0 fully saturated rings. The van der Waals surface area contributed by atoms with E-state index < -0.39 is 5.97 Å². The molecule has 0 bridgehead atoms. The van der Waals surface area contributed by atoms with E-state index in [4.69, 9.17) is 9.47 Å². The fourth-order valence-electron chi connectivity index (χ4n) is 3.14. The molecule has 0 spiro atoms. The summed E-state index contributed by atoms with van der Waals surface area (Å²) >= 11 is 0. The molecule has 3 heterocycles. The summed E-state index contributed by atoms with van der Waals surface area (Å²) in [6.45, 7) is 0. The second-order valence-corrected chi connectivity index (χ2v) is 5.90. The molecule has 0 saturated heterocycles. The Morgan fingerprint density at radius 2 is 1.89 bits per heavy atom. The molecule has 0 aliphatic carbocycles. The summed E-state index contributed by atoms with van der Waals surface area (Å²) < 4.78 is 12.3. The minimum absolute atomic E-state index is 0.406. The maximum atomic E-state index is 12.6. The number of hydrogen-bond acceptors (Lipinski definition) is 5. The average Bonchev–Trinajstić information content (AvgIpc) is 3.22. The van der Waals surface area contributed by atoms with Crippen LogP contribution in [0.25, 0.3) is 28.0 Å². The SMILES string of the molecule is COC(=O)c1c(-c2cccc(OC)c2)cc(-c2cccnc2)n2ccnc12. The van der Waals surface area contributed by atoms with Crippen LogP contribution in [0, 0.1) is 0 Å². The Hall–Kier alpha value is -3.67. The molecule has 1 aromatic carbocycles. The predicted molar refractivity (Wildman–Crippen MR) is 102 cm³/mol. The van der Waals surface area contributed by atoms with Gasteiger partial charge in [-0.1, -0.05) is 12.1 Å². The highest BCUT2D eigenvalue weighted by Gasteiger charge is 2.22. The third-order valence-corrected chi connectivity index (χ3v) is 4.40. The van der Waals surface area contributed by atoms with Crippen LogP contribution in [0.5, 0.6) is 5.75 Å². The van der Waals surface area contributed by atoms with Crippen LogP contribution in [-0.2, 0) is 4.74 Å². The van der Waals surface area contributed by atoms with E-state index in [-0.39, 0.29) is 0 Å². The van der Waals surface area contributed by atoms with Gasteiger partial charge in [-0.15, -0.1) is 0 Å². The number of fused-ring (bicyclic) bond motifs is 1. The number of benzene rings is 1. The molecule has 0 aliphatic heterocycles. The van der Waals surface area contributed by atoms with Crippen LogP contribution in [0.1, 0.15) is 10.4 Å². The summed E-state index contributed by atoms with van der Waals surface area (Å²) in [6, 6.07) is 13.3. The molecule has 0 aliphatic rings. The number of hydrogen-bond donors (Lipinski definition) is 0. The van der Waals surface area contributed by atoms with E-state index >= 15 is 0 Å². The minimum atomic E-state index is -0.443. The maximum Gasteiger partial charge on any atom is 0.342 e. The summed E-state index contributed by atoms with van der Waals surface area (Å²) in [4.78, 5) is 21.2. The zero-order valence-corrected chi connectivity index (χ0v) is 14.9. The first-order valence-corrected chi connectivity index (χ1v) is 8.36. The standard InChI is InChI=1S/C21H17N3O3/c1-26-16-7-3-5-14(11-16)17-12-18(15-6-4-8-22-13-15)24-10-9-23-20(24)19(17)21(25)27-2/h3-13H,1-2H3. The van der Waals surface area contributed by atoms with Gasteiger partial charge in [0.2, 0.25) is 0 Å². The van der Waals surface area contributed by atoms with E-state index in [9.17, 15) is 4.79 Å². The van der Waals surface area contributed by atoms with Crippen molar-refractivity contribution in [1.82, 2.24) is 14.4 Å². The average molecular weight is 359 g/mol. The molecule has 0 radical (unpaired) electrons. The molecule has 134 valence electrons. The fourth-order valence-corrected chi connectivity index (χ4v) is 3.14. The lowest BCUT2D eigenvalue weighted by atomic mass is 9.98. The molecule has 0 amide bonds. The van der Waals surface area contributed by atoms with Gasteiger partial charge in [-0.05, 0) is 35.9 Å². The van der Waals surface area contributed by atoms with Gasteiger partial charge in [0.15, 0.2) is 5.65 Å². The number of methoxy groups -OCH3 is 2. The van der Waals surface area contributed by atoms with Gasteiger partial charge in [0.25, 0.3) is 0 Å². The van der Waals surface area contributed by atoms with Gasteiger partial charge >= 0.3 is 5.97 Å². The highest BCUT2D eigenvalue weighted by molar-refractivity contribution is 6.04. The molecule has 0 N–H and O–H groups in total.